The van der Waals surface area contributed by atoms with Crippen LogP contribution in [0.25, 0.3) is 16.9 Å². The molecule has 0 bridgehead atoms. The molecule has 0 spiro atoms. The van der Waals surface area contributed by atoms with E-state index in [1.807, 2.05) is 9.80 Å². The first-order chi connectivity index (χ1) is 20.3. The molecule has 224 valence electrons. The molecule has 0 unspecified atom stereocenters. The standard InChI is InChI=1S/C28H34F2N8O4/c1-35(28(40)41)21-10-11-37(26(21)39)18-8-6-17(7-9-18)31-22-16-23(34-27(33-22)36-12-14-42-15-13-36)38-20-5-3-2-4-19(20)32-25(38)24(29)30/h2-5,16-18,21,24H,6-15H2,1H3,(H,40,41)(H,31,33,34)/t17?,18?,21-/m1/s1. The Morgan fingerprint density at radius 2 is 1.81 bits per heavy atom. The van der Waals surface area contributed by atoms with Gasteiger partial charge >= 0.3 is 6.09 Å². The summed E-state index contributed by atoms with van der Waals surface area (Å²) in [6.07, 6.45) is -0.321. The molecular formula is C28H34F2N8O4. The number of amides is 2. The summed E-state index contributed by atoms with van der Waals surface area (Å²) >= 11 is 0. The van der Waals surface area contributed by atoms with Gasteiger partial charge in [0.05, 0.1) is 24.2 Å². The van der Waals surface area contributed by atoms with Crippen LogP contribution in [-0.4, -0.2) is 104 Å². The number of hydrogen-bond donors (Lipinski definition) is 2. The fourth-order valence-corrected chi connectivity index (χ4v) is 6.23. The van der Waals surface area contributed by atoms with Gasteiger partial charge in [-0.25, -0.2) is 18.6 Å². The third-order valence-electron chi connectivity index (χ3n) is 8.48. The van der Waals surface area contributed by atoms with Crippen LogP contribution in [0.5, 0.6) is 0 Å². The molecule has 2 aromatic heterocycles. The van der Waals surface area contributed by atoms with Crippen LogP contribution in [0.1, 0.15) is 44.4 Å². The minimum atomic E-state index is -2.80. The zero-order valence-electron chi connectivity index (χ0n) is 23.3. The number of nitrogens with zero attached hydrogens (tertiary/aromatic N) is 7. The first-order valence-corrected chi connectivity index (χ1v) is 14.3. The maximum atomic E-state index is 14.2. The number of halogens is 2. The van der Waals surface area contributed by atoms with Crippen LogP contribution in [0, 0.1) is 0 Å². The average molecular weight is 585 g/mol. The highest BCUT2D eigenvalue weighted by atomic mass is 19.3. The number of nitrogens with one attached hydrogen (secondary N) is 1. The Balaban J connectivity index is 1.23. The number of aromatic nitrogens is 4. The summed E-state index contributed by atoms with van der Waals surface area (Å²) in [7, 11) is 1.44. The first kappa shape index (κ1) is 28.1. The van der Waals surface area contributed by atoms with Crippen LogP contribution < -0.4 is 10.2 Å². The zero-order valence-corrected chi connectivity index (χ0v) is 23.3. The summed E-state index contributed by atoms with van der Waals surface area (Å²) in [6.45, 7) is 2.77. The van der Waals surface area contributed by atoms with Gasteiger partial charge in [-0.3, -0.25) is 14.3 Å². The Morgan fingerprint density at radius 1 is 1.07 bits per heavy atom. The van der Waals surface area contributed by atoms with Crippen LogP contribution in [-0.2, 0) is 9.53 Å². The molecule has 3 fully saturated rings. The summed E-state index contributed by atoms with van der Waals surface area (Å²) in [5.41, 5.74) is 0.994. The molecule has 2 N–H and O–H groups in total. The second-order valence-corrected chi connectivity index (χ2v) is 11.0. The number of imidazole rings is 1. The Bertz CT molecular complexity index is 1450. The lowest BCUT2D eigenvalue weighted by Gasteiger charge is -2.35. The summed E-state index contributed by atoms with van der Waals surface area (Å²) in [5.74, 6) is 0.762. The predicted octanol–water partition coefficient (Wildman–Crippen LogP) is 3.52. The number of morpholine rings is 1. The van der Waals surface area contributed by atoms with Gasteiger partial charge in [-0.05, 0) is 44.2 Å². The molecule has 0 radical (unpaired) electrons. The van der Waals surface area contributed by atoms with Gasteiger partial charge in [0.1, 0.15) is 17.7 Å². The highest BCUT2D eigenvalue weighted by Crippen LogP contribution is 2.32. The van der Waals surface area contributed by atoms with Crippen molar-refractivity contribution in [1.29, 1.82) is 0 Å². The normalized spacial score (nSPS) is 23.1. The third-order valence-corrected chi connectivity index (χ3v) is 8.48. The molecule has 4 heterocycles. The van der Waals surface area contributed by atoms with Gasteiger partial charge in [0, 0.05) is 44.8 Å². The lowest BCUT2D eigenvalue weighted by molar-refractivity contribution is -0.133. The van der Waals surface area contributed by atoms with Gasteiger partial charge in [0.25, 0.3) is 6.43 Å². The van der Waals surface area contributed by atoms with E-state index < -0.39 is 18.6 Å². The summed E-state index contributed by atoms with van der Waals surface area (Å²) in [5, 5.41) is 12.8. The van der Waals surface area contributed by atoms with Crippen molar-refractivity contribution >= 4 is 34.8 Å². The zero-order chi connectivity index (χ0) is 29.4. The lowest BCUT2D eigenvalue weighted by Crippen LogP contribution is -2.46. The van der Waals surface area contributed by atoms with E-state index in [0.717, 1.165) is 30.6 Å². The minimum absolute atomic E-state index is 0.0542. The molecule has 2 saturated heterocycles. The van der Waals surface area contributed by atoms with Crippen molar-refractivity contribution in [3.8, 4) is 5.82 Å². The number of para-hydroxylation sites is 2. The van der Waals surface area contributed by atoms with Gasteiger partial charge in [-0.15, -0.1) is 0 Å². The minimum Gasteiger partial charge on any atom is -0.465 e. The van der Waals surface area contributed by atoms with Crippen LogP contribution in [0.3, 0.4) is 0 Å². The molecule has 1 aromatic carbocycles. The second-order valence-electron chi connectivity index (χ2n) is 11.0. The number of anilines is 2. The number of carbonyl (C=O) groups is 2. The number of likely N-dealkylation sites (tertiary alicyclic amines) is 1. The van der Waals surface area contributed by atoms with E-state index in [-0.39, 0.29) is 23.8 Å². The molecule has 12 nitrogen and oxygen atoms in total. The van der Waals surface area contributed by atoms with E-state index in [4.69, 9.17) is 14.7 Å². The van der Waals surface area contributed by atoms with Gasteiger partial charge in [0.15, 0.2) is 5.82 Å². The van der Waals surface area contributed by atoms with Gasteiger partial charge in [-0.2, -0.15) is 9.97 Å². The maximum absolute atomic E-state index is 14.2. The maximum Gasteiger partial charge on any atom is 0.407 e. The monoisotopic (exact) mass is 584 g/mol. The second kappa shape index (κ2) is 11.7. The molecule has 1 atom stereocenters. The largest absolute Gasteiger partial charge is 0.465 e. The van der Waals surface area contributed by atoms with Crippen LogP contribution in [0.4, 0.5) is 25.3 Å². The van der Waals surface area contributed by atoms with E-state index in [1.54, 1.807) is 30.3 Å². The fraction of sp³-hybridized carbons (Fsp3) is 0.536. The Labute approximate surface area is 241 Å². The van der Waals surface area contributed by atoms with Crippen molar-refractivity contribution < 1.29 is 28.2 Å². The van der Waals surface area contributed by atoms with Crippen LogP contribution in [0.2, 0.25) is 0 Å². The molecule has 1 saturated carbocycles. The summed E-state index contributed by atoms with van der Waals surface area (Å²) in [6, 6.07) is 8.16. The number of likely N-dealkylation sites (N-methyl/N-ethyl adjacent to an activating group) is 1. The third kappa shape index (κ3) is 5.42. The number of carboxylic acid groups (broad SMARTS) is 1. The van der Waals surface area contributed by atoms with E-state index in [9.17, 15) is 23.5 Å². The topological polar surface area (TPSA) is 129 Å². The van der Waals surface area contributed by atoms with Gasteiger partial charge in [0.2, 0.25) is 11.9 Å². The van der Waals surface area contributed by atoms with Crippen molar-refractivity contribution in [2.24, 2.45) is 0 Å². The Kier molecular flexibility index (Phi) is 7.80. The van der Waals surface area contributed by atoms with E-state index >= 15 is 0 Å². The molecule has 2 aliphatic heterocycles. The number of fused-ring (bicyclic) bond motifs is 1. The predicted molar refractivity (Wildman–Crippen MR) is 150 cm³/mol. The highest BCUT2D eigenvalue weighted by molar-refractivity contribution is 5.87. The Hall–Kier alpha value is -4.07. The molecular weight excluding hydrogens is 550 g/mol. The molecule has 6 rings (SSSR count). The first-order valence-electron chi connectivity index (χ1n) is 14.3. The van der Waals surface area contributed by atoms with Crippen molar-refractivity contribution in [3.05, 3.63) is 36.2 Å². The van der Waals surface area contributed by atoms with Gasteiger partial charge in [-0.1, -0.05) is 12.1 Å². The average Bonchev–Trinajstić information content (AvgIpc) is 3.58. The smallest absolute Gasteiger partial charge is 0.407 e. The van der Waals surface area contributed by atoms with Gasteiger partial charge < -0.3 is 25.0 Å². The van der Waals surface area contributed by atoms with Crippen molar-refractivity contribution in [3.63, 3.8) is 0 Å². The summed E-state index contributed by atoms with van der Waals surface area (Å²) in [4.78, 5) is 42.9. The SMILES string of the molecule is CN(C(=O)O)[C@@H]1CCN(C2CCC(Nc3cc(-n4c(C(F)F)nc5ccccc54)nc(N4CCOCC4)n3)CC2)C1=O. The highest BCUT2D eigenvalue weighted by Gasteiger charge is 2.40. The van der Waals surface area contributed by atoms with Crippen LogP contribution in [0.15, 0.2) is 30.3 Å². The Morgan fingerprint density at radius 3 is 2.52 bits per heavy atom. The molecule has 42 heavy (non-hydrogen) atoms. The van der Waals surface area contributed by atoms with E-state index in [2.05, 4.69) is 10.3 Å². The van der Waals surface area contributed by atoms with Crippen molar-refractivity contribution in [2.75, 3.05) is 50.1 Å². The van der Waals surface area contributed by atoms with E-state index in [0.29, 0.717) is 67.9 Å². The number of carbonyl (C=O) groups excluding carboxylic acids is 1. The molecule has 14 heteroatoms. The van der Waals surface area contributed by atoms with Crippen LogP contribution >= 0.6 is 0 Å². The number of alkyl halides is 2. The molecule has 3 aliphatic rings. The fourth-order valence-electron chi connectivity index (χ4n) is 6.23. The van der Waals surface area contributed by atoms with E-state index in [1.165, 1.54) is 11.6 Å². The summed E-state index contributed by atoms with van der Waals surface area (Å²) < 4.78 is 35.2. The van der Waals surface area contributed by atoms with Crippen molar-refractivity contribution in [1.82, 2.24) is 29.3 Å². The number of rotatable bonds is 7. The quantitative estimate of drug-likeness (QED) is 0.429. The molecule has 2 amide bonds. The number of ether oxygens (including phenoxy) is 1. The number of benzene rings is 1. The molecule has 1 aliphatic carbocycles. The molecule has 3 aromatic rings. The van der Waals surface area contributed by atoms with Crippen molar-refractivity contribution in [2.45, 2.75) is 56.7 Å². The number of hydrogen-bond acceptors (Lipinski definition) is 8. The lowest BCUT2D eigenvalue weighted by atomic mass is 9.90.